The maximum Gasteiger partial charge on any atom is 0.183 e. The van der Waals surface area contributed by atoms with Crippen LogP contribution in [0, 0.1) is 0 Å². The van der Waals surface area contributed by atoms with Crippen LogP contribution in [-0.2, 0) is 11.2 Å². The number of aliphatic imine (C=N–C) groups is 1. The lowest BCUT2D eigenvalue weighted by Gasteiger charge is -2.03. The molecule has 17 heavy (non-hydrogen) atoms. The van der Waals surface area contributed by atoms with E-state index in [4.69, 9.17) is 4.74 Å². The maximum atomic E-state index is 5.52. The molecule has 88 valence electrons. The highest BCUT2D eigenvalue weighted by Crippen LogP contribution is 2.21. The summed E-state index contributed by atoms with van der Waals surface area (Å²) in [6.07, 6.45) is 3.93. The number of para-hydroxylation sites is 1. The summed E-state index contributed by atoms with van der Waals surface area (Å²) in [5.41, 5.74) is 2.52. The Morgan fingerprint density at radius 1 is 1.41 bits per heavy atom. The molecule has 0 unspecified atom stereocenters. The molecular weight excluding hydrogens is 212 g/mol. The van der Waals surface area contributed by atoms with Crippen molar-refractivity contribution in [3.05, 3.63) is 36.0 Å². The Morgan fingerprint density at radius 2 is 2.29 bits per heavy atom. The Hall–Kier alpha value is -1.77. The van der Waals surface area contributed by atoms with E-state index in [2.05, 4.69) is 47.4 Å². The van der Waals surface area contributed by atoms with Crippen LogP contribution in [0.4, 0.5) is 0 Å². The fourth-order valence-corrected chi connectivity index (χ4v) is 2.32. The van der Waals surface area contributed by atoms with Gasteiger partial charge in [-0.15, -0.1) is 0 Å². The van der Waals surface area contributed by atoms with Crippen molar-refractivity contribution in [2.24, 2.45) is 4.99 Å². The van der Waals surface area contributed by atoms with Crippen molar-refractivity contribution in [1.82, 2.24) is 4.98 Å². The molecule has 2 heterocycles. The SMILES string of the molecule is CCC1=N[C@@H](Cc2c[nH]c3ccccc23)CO1. The monoisotopic (exact) mass is 228 g/mol. The number of nitrogens with zero attached hydrogens (tertiary/aromatic N) is 1. The molecule has 0 amide bonds. The van der Waals surface area contributed by atoms with Crippen LogP contribution in [0.1, 0.15) is 18.9 Å². The van der Waals surface area contributed by atoms with E-state index in [1.165, 1.54) is 16.5 Å². The first-order chi connectivity index (χ1) is 8.36. The van der Waals surface area contributed by atoms with Crippen LogP contribution in [0.3, 0.4) is 0 Å². The molecule has 3 heteroatoms. The molecule has 3 nitrogen and oxygen atoms in total. The van der Waals surface area contributed by atoms with Crippen molar-refractivity contribution in [3.63, 3.8) is 0 Å². The van der Waals surface area contributed by atoms with Crippen LogP contribution in [0.25, 0.3) is 10.9 Å². The van der Waals surface area contributed by atoms with Gasteiger partial charge < -0.3 is 9.72 Å². The second-order valence-corrected chi connectivity index (χ2v) is 4.40. The highest BCUT2D eigenvalue weighted by Gasteiger charge is 2.19. The molecule has 0 saturated heterocycles. The lowest BCUT2D eigenvalue weighted by Crippen LogP contribution is -2.09. The number of rotatable bonds is 3. The molecule has 3 rings (SSSR count). The van der Waals surface area contributed by atoms with E-state index in [0.717, 1.165) is 25.3 Å². The minimum absolute atomic E-state index is 0.282. The van der Waals surface area contributed by atoms with Crippen molar-refractivity contribution < 1.29 is 4.74 Å². The van der Waals surface area contributed by atoms with Crippen molar-refractivity contribution >= 4 is 16.8 Å². The van der Waals surface area contributed by atoms with Gasteiger partial charge in [-0.25, -0.2) is 4.99 Å². The largest absolute Gasteiger partial charge is 0.479 e. The zero-order chi connectivity index (χ0) is 11.7. The van der Waals surface area contributed by atoms with E-state index >= 15 is 0 Å². The van der Waals surface area contributed by atoms with Gasteiger partial charge in [-0.05, 0) is 11.6 Å². The average molecular weight is 228 g/mol. The van der Waals surface area contributed by atoms with Gasteiger partial charge in [-0.2, -0.15) is 0 Å². The highest BCUT2D eigenvalue weighted by molar-refractivity contribution is 5.83. The zero-order valence-electron chi connectivity index (χ0n) is 9.94. The van der Waals surface area contributed by atoms with Crippen LogP contribution in [-0.4, -0.2) is 23.5 Å². The zero-order valence-corrected chi connectivity index (χ0v) is 9.94. The lowest BCUT2D eigenvalue weighted by atomic mass is 10.1. The van der Waals surface area contributed by atoms with Crippen LogP contribution >= 0.6 is 0 Å². The molecule has 0 fully saturated rings. The van der Waals surface area contributed by atoms with E-state index in [1.54, 1.807) is 0 Å². The van der Waals surface area contributed by atoms with Crippen LogP contribution in [0.2, 0.25) is 0 Å². The Balaban J connectivity index is 1.84. The number of aromatic amines is 1. The molecule has 2 aromatic rings. The summed E-state index contributed by atoms with van der Waals surface area (Å²) in [4.78, 5) is 7.87. The summed E-state index contributed by atoms with van der Waals surface area (Å²) >= 11 is 0. The Labute approximate surface area is 101 Å². The standard InChI is InChI=1S/C14H16N2O/c1-2-14-16-11(9-17-14)7-10-8-15-13-6-4-3-5-12(10)13/h3-6,8,11,15H,2,7,9H2,1H3/t11-/m0/s1. The number of H-pyrrole nitrogens is 1. The van der Waals surface area contributed by atoms with Gasteiger partial charge in [-0.3, -0.25) is 0 Å². The number of hydrogen-bond donors (Lipinski definition) is 1. The Bertz CT molecular complexity index is 556. The average Bonchev–Trinajstić information content (AvgIpc) is 2.97. The highest BCUT2D eigenvalue weighted by atomic mass is 16.5. The normalized spacial score (nSPS) is 19.4. The van der Waals surface area contributed by atoms with Gasteiger partial charge in [0.25, 0.3) is 0 Å². The fourth-order valence-electron chi connectivity index (χ4n) is 2.32. The third-order valence-electron chi connectivity index (χ3n) is 3.20. The van der Waals surface area contributed by atoms with Crippen molar-refractivity contribution in [2.75, 3.05) is 6.61 Å². The van der Waals surface area contributed by atoms with Crippen LogP contribution in [0.15, 0.2) is 35.5 Å². The molecule has 1 aliphatic heterocycles. The first kappa shape index (κ1) is 10.4. The molecule has 1 atom stereocenters. The van der Waals surface area contributed by atoms with Gasteiger partial charge in [0, 0.05) is 29.9 Å². The summed E-state index contributed by atoms with van der Waals surface area (Å²) in [7, 11) is 0. The summed E-state index contributed by atoms with van der Waals surface area (Å²) < 4.78 is 5.52. The lowest BCUT2D eigenvalue weighted by molar-refractivity contribution is 0.310. The minimum Gasteiger partial charge on any atom is -0.479 e. The molecule has 0 bridgehead atoms. The van der Waals surface area contributed by atoms with Gasteiger partial charge in [-0.1, -0.05) is 25.1 Å². The van der Waals surface area contributed by atoms with E-state index in [1.807, 2.05) is 0 Å². The van der Waals surface area contributed by atoms with Crippen molar-refractivity contribution in [1.29, 1.82) is 0 Å². The maximum absolute atomic E-state index is 5.52. The van der Waals surface area contributed by atoms with Gasteiger partial charge >= 0.3 is 0 Å². The molecular formula is C14H16N2O. The van der Waals surface area contributed by atoms with E-state index in [0.29, 0.717) is 0 Å². The number of benzene rings is 1. The first-order valence-electron chi connectivity index (χ1n) is 6.11. The number of fused-ring (bicyclic) bond motifs is 1. The van der Waals surface area contributed by atoms with Crippen LogP contribution < -0.4 is 0 Å². The second-order valence-electron chi connectivity index (χ2n) is 4.40. The molecule has 1 aromatic heterocycles. The van der Waals surface area contributed by atoms with Gasteiger partial charge in [0.05, 0.1) is 6.04 Å². The molecule has 1 N–H and O–H groups in total. The smallest absolute Gasteiger partial charge is 0.183 e. The Morgan fingerprint density at radius 3 is 3.12 bits per heavy atom. The third kappa shape index (κ3) is 1.93. The quantitative estimate of drug-likeness (QED) is 0.861. The van der Waals surface area contributed by atoms with Gasteiger partial charge in [0.2, 0.25) is 0 Å². The number of nitrogens with one attached hydrogen (secondary N) is 1. The van der Waals surface area contributed by atoms with Crippen molar-refractivity contribution in [3.8, 4) is 0 Å². The topological polar surface area (TPSA) is 37.4 Å². The summed E-state index contributed by atoms with van der Waals surface area (Å²) in [5, 5.41) is 1.30. The summed E-state index contributed by atoms with van der Waals surface area (Å²) in [5.74, 6) is 0.898. The molecule has 1 aliphatic rings. The summed E-state index contributed by atoms with van der Waals surface area (Å²) in [6, 6.07) is 8.66. The molecule has 0 saturated carbocycles. The fraction of sp³-hybridized carbons (Fsp3) is 0.357. The number of aromatic nitrogens is 1. The summed E-state index contributed by atoms with van der Waals surface area (Å²) in [6.45, 7) is 2.80. The van der Waals surface area contributed by atoms with Crippen LogP contribution in [0.5, 0.6) is 0 Å². The first-order valence-corrected chi connectivity index (χ1v) is 6.11. The molecule has 0 aliphatic carbocycles. The van der Waals surface area contributed by atoms with E-state index in [-0.39, 0.29) is 6.04 Å². The second kappa shape index (κ2) is 4.24. The molecule has 1 aromatic carbocycles. The van der Waals surface area contributed by atoms with E-state index in [9.17, 15) is 0 Å². The predicted molar refractivity (Wildman–Crippen MR) is 69.5 cm³/mol. The molecule has 0 spiro atoms. The van der Waals surface area contributed by atoms with Crippen molar-refractivity contribution in [2.45, 2.75) is 25.8 Å². The van der Waals surface area contributed by atoms with Gasteiger partial charge in [0.1, 0.15) is 6.61 Å². The number of hydrogen-bond acceptors (Lipinski definition) is 2. The predicted octanol–water partition coefficient (Wildman–Crippen LogP) is 2.92. The third-order valence-corrected chi connectivity index (χ3v) is 3.20. The van der Waals surface area contributed by atoms with Gasteiger partial charge in [0.15, 0.2) is 5.90 Å². The minimum atomic E-state index is 0.282. The number of ether oxygens (including phenoxy) is 1. The Kier molecular flexibility index (Phi) is 2.59. The molecule has 0 radical (unpaired) electrons. The van der Waals surface area contributed by atoms with E-state index < -0.39 is 0 Å².